The third kappa shape index (κ3) is 3.22. The van der Waals surface area contributed by atoms with Gasteiger partial charge in [-0.05, 0) is 31.2 Å². The summed E-state index contributed by atoms with van der Waals surface area (Å²) >= 11 is 0. The summed E-state index contributed by atoms with van der Waals surface area (Å²) in [5.41, 5.74) is 1.15. The van der Waals surface area contributed by atoms with E-state index in [2.05, 4.69) is 23.2 Å². The van der Waals surface area contributed by atoms with Crippen LogP contribution < -0.4 is 14.8 Å². The molecule has 0 bridgehead atoms. The molecule has 1 amide bonds. The van der Waals surface area contributed by atoms with Gasteiger partial charge in [-0.3, -0.25) is 4.79 Å². The summed E-state index contributed by atoms with van der Waals surface area (Å²) in [6.45, 7) is 6.00. The second kappa shape index (κ2) is 6.63. The predicted octanol–water partition coefficient (Wildman–Crippen LogP) is 2.19. The summed E-state index contributed by atoms with van der Waals surface area (Å²) in [7, 11) is 0. The molecule has 2 heterocycles. The van der Waals surface area contributed by atoms with Crippen molar-refractivity contribution in [3.05, 3.63) is 23.8 Å². The minimum Gasteiger partial charge on any atom is -0.486 e. The van der Waals surface area contributed by atoms with Crippen molar-refractivity contribution in [1.29, 1.82) is 0 Å². The topological polar surface area (TPSA) is 50.8 Å². The summed E-state index contributed by atoms with van der Waals surface area (Å²) in [5, 5.41) is 3.67. The molecule has 0 radical (unpaired) electrons. The molecule has 130 valence electrons. The Hall–Kier alpha value is -1.75. The number of nitrogens with one attached hydrogen (secondary N) is 1. The van der Waals surface area contributed by atoms with Crippen molar-refractivity contribution >= 4 is 5.91 Å². The molecular formula is C19H26N2O3. The molecule has 2 atom stereocenters. The Balaban J connectivity index is 1.34. The summed E-state index contributed by atoms with van der Waals surface area (Å²) < 4.78 is 11.4. The zero-order valence-electron chi connectivity index (χ0n) is 14.3. The van der Waals surface area contributed by atoms with Crippen LogP contribution in [0.2, 0.25) is 0 Å². The van der Waals surface area contributed by atoms with Gasteiger partial charge in [0.2, 0.25) is 5.91 Å². The Morgan fingerprint density at radius 1 is 1.25 bits per heavy atom. The number of likely N-dealkylation sites (tertiary alicyclic amines) is 1. The lowest BCUT2D eigenvalue weighted by atomic mass is 9.93. The van der Waals surface area contributed by atoms with Gasteiger partial charge in [-0.1, -0.05) is 19.1 Å². The largest absolute Gasteiger partial charge is 0.486 e. The van der Waals surface area contributed by atoms with Crippen LogP contribution in [-0.2, 0) is 11.3 Å². The smallest absolute Gasteiger partial charge is 0.225 e. The van der Waals surface area contributed by atoms with Crippen molar-refractivity contribution < 1.29 is 14.3 Å². The lowest BCUT2D eigenvalue weighted by Crippen LogP contribution is -2.50. The summed E-state index contributed by atoms with van der Waals surface area (Å²) in [6.07, 6.45) is 3.20. The van der Waals surface area contributed by atoms with E-state index in [0.717, 1.165) is 56.0 Å². The van der Waals surface area contributed by atoms with E-state index in [-0.39, 0.29) is 0 Å². The maximum atomic E-state index is 12.2. The number of hydrogen-bond acceptors (Lipinski definition) is 4. The van der Waals surface area contributed by atoms with Crippen molar-refractivity contribution in [1.82, 2.24) is 10.2 Å². The van der Waals surface area contributed by atoms with Crippen LogP contribution in [0, 0.1) is 11.8 Å². The second-order valence-corrected chi connectivity index (χ2v) is 7.25. The molecule has 0 aromatic heterocycles. The molecule has 2 aliphatic heterocycles. The van der Waals surface area contributed by atoms with Crippen LogP contribution in [0.25, 0.3) is 0 Å². The van der Waals surface area contributed by atoms with Crippen molar-refractivity contribution in [3.8, 4) is 11.5 Å². The number of ether oxygens (including phenoxy) is 2. The van der Waals surface area contributed by atoms with Crippen LogP contribution >= 0.6 is 0 Å². The Kier molecular flexibility index (Phi) is 4.35. The van der Waals surface area contributed by atoms with Gasteiger partial charge in [-0.2, -0.15) is 0 Å². The maximum absolute atomic E-state index is 12.2. The minimum atomic E-state index is 0.328. The van der Waals surface area contributed by atoms with Crippen molar-refractivity contribution in [2.75, 3.05) is 26.3 Å². The monoisotopic (exact) mass is 330 g/mol. The highest BCUT2D eigenvalue weighted by Crippen LogP contribution is 2.34. The average Bonchev–Trinajstić information content (AvgIpc) is 3.45. The first kappa shape index (κ1) is 15.8. The van der Waals surface area contributed by atoms with Gasteiger partial charge < -0.3 is 19.7 Å². The van der Waals surface area contributed by atoms with E-state index in [1.807, 2.05) is 12.1 Å². The highest BCUT2D eigenvalue weighted by molar-refractivity contribution is 5.81. The fraction of sp³-hybridized carbons (Fsp3) is 0.632. The SMILES string of the molecule is C[C@@H]1CN(C(=O)C2CC2)CC[C@@H]1NCc1cccc2c1OCCO2. The fourth-order valence-electron chi connectivity index (χ4n) is 3.75. The first-order valence-corrected chi connectivity index (χ1v) is 9.12. The van der Waals surface area contributed by atoms with E-state index in [9.17, 15) is 4.79 Å². The lowest BCUT2D eigenvalue weighted by molar-refractivity contribution is -0.134. The third-order valence-electron chi connectivity index (χ3n) is 5.35. The van der Waals surface area contributed by atoms with Gasteiger partial charge in [0, 0.05) is 37.2 Å². The second-order valence-electron chi connectivity index (χ2n) is 7.25. The van der Waals surface area contributed by atoms with E-state index in [1.54, 1.807) is 0 Å². The van der Waals surface area contributed by atoms with Gasteiger partial charge in [-0.15, -0.1) is 0 Å². The lowest BCUT2D eigenvalue weighted by Gasteiger charge is -2.37. The summed E-state index contributed by atoms with van der Waals surface area (Å²) in [5.74, 6) is 2.90. The third-order valence-corrected chi connectivity index (χ3v) is 5.35. The maximum Gasteiger partial charge on any atom is 0.225 e. The zero-order valence-corrected chi connectivity index (χ0v) is 14.3. The molecule has 5 heteroatoms. The molecule has 0 unspecified atom stereocenters. The molecule has 24 heavy (non-hydrogen) atoms. The van der Waals surface area contributed by atoms with Gasteiger partial charge >= 0.3 is 0 Å². The molecule has 5 nitrogen and oxygen atoms in total. The summed E-state index contributed by atoms with van der Waals surface area (Å²) in [4.78, 5) is 14.3. The Bertz CT molecular complexity index is 615. The number of fused-ring (bicyclic) bond motifs is 1. The number of benzene rings is 1. The first-order valence-electron chi connectivity index (χ1n) is 9.12. The van der Waals surface area contributed by atoms with E-state index in [4.69, 9.17) is 9.47 Å². The van der Waals surface area contributed by atoms with Crippen LogP contribution in [-0.4, -0.2) is 43.2 Å². The van der Waals surface area contributed by atoms with Crippen LogP contribution in [0.1, 0.15) is 31.7 Å². The molecule has 2 fully saturated rings. The van der Waals surface area contributed by atoms with Gasteiger partial charge in [0.25, 0.3) is 0 Å². The molecule has 1 saturated carbocycles. The van der Waals surface area contributed by atoms with Crippen LogP contribution in [0.5, 0.6) is 11.5 Å². The Morgan fingerprint density at radius 3 is 2.88 bits per heavy atom. The molecule has 1 aromatic rings. The highest BCUT2D eigenvalue weighted by Gasteiger charge is 2.36. The Labute approximate surface area is 143 Å². The first-order chi connectivity index (χ1) is 11.7. The standard InChI is InChI=1S/C19H26N2O3/c1-13-12-21(19(22)14-5-6-14)8-7-16(13)20-11-15-3-2-4-17-18(15)24-10-9-23-17/h2-4,13-14,16,20H,5-12H2,1H3/t13-,16+/m1/s1. The number of piperidine rings is 1. The van der Waals surface area contributed by atoms with E-state index < -0.39 is 0 Å². The van der Waals surface area contributed by atoms with E-state index in [0.29, 0.717) is 37.0 Å². The number of carbonyl (C=O) groups excluding carboxylic acids is 1. The zero-order chi connectivity index (χ0) is 16.5. The quantitative estimate of drug-likeness (QED) is 0.919. The number of nitrogens with zero attached hydrogens (tertiary/aromatic N) is 1. The normalized spacial score (nSPS) is 26.3. The molecule has 1 aromatic carbocycles. The summed E-state index contributed by atoms with van der Waals surface area (Å²) in [6, 6.07) is 6.51. The predicted molar refractivity (Wildman–Crippen MR) is 91.1 cm³/mol. The van der Waals surface area contributed by atoms with Gasteiger partial charge in [0.1, 0.15) is 13.2 Å². The van der Waals surface area contributed by atoms with E-state index >= 15 is 0 Å². The fourth-order valence-corrected chi connectivity index (χ4v) is 3.75. The van der Waals surface area contributed by atoms with Crippen molar-refractivity contribution in [2.24, 2.45) is 11.8 Å². The number of carbonyl (C=O) groups is 1. The highest BCUT2D eigenvalue weighted by atomic mass is 16.6. The molecule has 0 spiro atoms. The van der Waals surface area contributed by atoms with Crippen LogP contribution in [0.15, 0.2) is 18.2 Å². The molecule has 1 saturated heterocycles. The van der Waals surface area contributed by atoms with Crippen molar-refractivity contribution in [2.45, 2.75) is 38.8 Å². The minimum absolute atomic E-state index is 0.328. The van der Waals surface area contributed by atoms with Gasteiger partial charge in [-0.25, -0.2) is 0 Å². The van der Waals surface area contributed by atoms with Crippen molar-refractivity contribution in [3.63, 3.8) is 0 Å². The molecule has 3 aliphatic rings. The average molecular weight is 330 g/mol. The molecule has 1 N–H and O–H groups in total. The molecule has 1 aliphatic carbocycles. The molecule has 4 rings (SSSR count). The number of amides is 1. The molecular weight excluding hydrogens is 304 g/mol. The number of rotatable bonds is 4. The van der Waals surface area contributed by atoms with Gasteiger partial charge in [0.05, 0.1) is 0 Å². The number of para-hydroxylation sites is 1. The van der Waals surface area contributed by atoms with Crippen LogP contribution in [0.3, 0.4) is 0 Å². The van der Waals surface area contributed by atoms with E-state index in [1.165, 1.54) is 0 Å². The van der Waals surface area contributed by atoms with Crippen LogP contribution in [0.4, 0.5) is 0 Å². The number of hydrogen-bond donors (Lipinski definition) is 1. The van der Waals surface area contributed by atoms with Gasteiger partial charge in [0.15, 0.2) is 11.5 Å². The Morgan fingerprint density at radius 2 is 2.08 bits per heavy atom.